The molecule has 82 valence electrons. The molecule has 1 rings (SSSR count). The minimum atomic E-state index is 0.812. The van der Waals surface area contributed by atoms with Crippen LogP contribution < -0.4 is 0 Å². The maximum Gasteiger partial charge on any atom is 0.0378 e. The summed E-state index contributed by atoms with van der Waals surface area (Å²) >= 11 is 0. The van der Waals surface area contributed by atoms with Gasteiger partial charge in [0.1, 0.15) is 0 Å². The first-order valence-electron chi connectivity index (χ1n) is 5.78. The van der Waals surface area contributed by atoms with Crippen LogP contribution in [0.5, 0.6) is 0 Å². The second kappa shape index (κ2) is 5.40. The molecular weight excluding hydrogens is 172 g/mol. The van der Waals surface area contributed by atoms with Gasteiger partial charge in [-0.15, -0.1) is 0 Å². The maximum atomic E-state index is 4.13. The van der Waals surface area contributed by atoms with E-state index in [9.17, 15) is 0 Å². The van der Waals surface area contributed by atoms with E-state index >= 15 is 0 Å². The Morgan fingerprint density at radius 2 is 2.07 bits per heavy atom. The van der Waals surface area contributed by atoms with Gasteiger partial charge in [0, 0.05) is 31.9 Å². The Morgan fingerprint density at radius 1 is 1.36 bits per heavy atom. The van der Waals surface area contributed by atoms with Gasteiger partial charge in [0.05, 0.1) is 0 Å². The first kappa shape index (κ1) is 11.6. The molecule has 0 aliphatic carbocycles. The predicted octanol–water partition coefficient (Wildman–Crippen LogP) is 2.18. The highest BCUT2D eigenvalue weighted by atomic mass is 15.3. The average molecular weight is 196 g/mol. The molecule has 0 spiro atoms. The van der Waals surface area contributed by atoms with Crippen molar-refractivity contribution in [1.82, 2.24) is 9.80 Å². The van der Waals surface area contributed by atoms with Crippen LogP contribution >= 0.6 is 0 Å². The van der Waals surface area contributed by atoms with E-state index in [0.717, 1.165) is 25.6 Å². The van der Waals surface area contributed by atoms with Gasteiger partial charge in [-0.2, -0.15) is 0 Å². The van der Waals surface area contributed by atoms with E-state index in [1.54, 1.807) is 0 Å². The fraction of sp³-hybridized carbons (Fsp3) is 0.833. The Kier molecular flexibility index (Phi) is 4.46. The van der Waals surface area contributed by atoms with Crippen molar-refractivity contribution in [2.75, 3.05) is 32.7 Å². The van der Waals surface area contributed by atoms with Gasteiger partial charge in [0.25, 0.3) is 0 Å². The molecule has 0 atom stereocenters. The molecule has 1 saturated heterocycles. The van der Waals surface area contributed by atoms with Crippen molar-refractivity contribution in [3.63, 3.8) is 0 Å². The Labute approximate surface area is 88.6 Å². The van der Waals surface area contributed by atoms with Crippen LogP contribution in [0.4, 0.5) is 0 Å². The number of hydrogen-bond donors (Lipinski definition) is 0. The highest BCUT2D eigenvalue weighted by Gasteiger charge is 2.17. The number of nitrogens with zero attached hydrogens (tertiary/aromatic N) is 2. The van der Waals surface area contributed by atoms with Crippen molar-refractivity contribution in [2.45, 2.75) is 27.2 Å². The summed E-state index contributed by atoms with van der Waals surface area (Å²) in [5, 5.41) is 0. The van der Waals surface area contributed by atoms with Crippen LogP contribution in [0.25, 0.3) is 0 Å². The first-order valence-corrected chi connectivity index (χ1v) is 5.78. The standard InChI is InChI=1S/C12H24N2/c1-5-14-9-8-13(10-12(14)4)7-6-11(2)3/h11H,4-10H2,1-3H3. The second-order valence-corrected chi connectivity index (χ2v) is 4.60. The van der Waals surface area contributed by atoms with Crippen molar-refractivity contribution in [3.05, 3.63) is 12.3 Å². The minimum absolute atomic E-state index is 0.812. The summed E-state index contributed by atoms with van der Waals surface area (Å²) in [6.45, 7) is 16.7. The zero-order valence-corrected chi connectivity index (χ0v) is 9.92. The smallest absolute Gasteiger partial charge is 0.0378 e. The van der Waals surface area contributed by atoms with Crippen LogP contribution in [0.2, 0.25) is 0 Å². The molecule has 2 nitrogen and oxygen atoms in total. The van der Waals surface area contributed by atoms with Crippen LogP contribution in [0.1, 0.15) is 27.2 Å². The summed E-state index contributed by atoms with van der Waals surface area (Å²) in [5.74, 6) is 0.812. The van der Waals surface area contributed by atoms with E-state index in [1.165, 1.54) is 25.2 Å². The van der Waals surface area contributed by atoms with E-state index < -0.39 is 0 Å². The van der Waals surface area contributed by atoms with Gasteiger partial charge in [-0.1, -0.05) is 20.4 Å². The Morgan fingerprint density at radius 3 is 2.57 bits per heavy atom. The molecule has 0 amide bonds. The lowest BCUT2D eigenvalue weighted by atomic mass is 10.1. The van der Waals surface area contributed by atoms with Crippen molar-refractivity contribution in [3.8, 4) is 0 Å². The Bertz CT molecular complexity index is 187. The monoisotopic (exact) mass is 196 g/mol. The molecule has 14 heavy (non-hydrogen) atoms. The molecule has 1 heterocycles. The molecule has 1 aliphatic rings. The molecular formula is C12H24N2. The number of hydrogen-bond acceptors (Lipinski definition) is 2. The summed E-state index contributed by atoms with van der Waals surface area (Å²) in [7, 11) is 0. The highest BCUT2D eigenvalue weighted by molar-refractivity contribution is 5.00. The fourth-order valence-electron chi connectivity index (χ4n) is 1.87. The number of likely N-dealkylation sites (N-methyl/N-ethyl adjacent to an activating group) is 1. The quantitative estimate of drug-likeness (QED) is 0.680. The van der Waals surface area contributed by atoms with E-state index in [-0.39, 0.29) is 0 Å². The highest BCUT2D eigenvalue weighted by Crippen LogP contribution is 2.12. The molecule has 2 heteroatoms. The van der Waals surface area contributed by atoms with Crippen LogP contribution in [-0.4, -0.2) is 42.5 Å². The van der Waals surface area contributed by atoms with Crippen LogP contribution in [-0.2, 0) is 0 Å². The van der Waals surface area contributed by atoms with Gasteiger partial charge in [-0.25, -0.2) is 0 Å². The lowest BCUT2D eigenvalue weighted by Crippen LogP contribution is -2.44. The second-order valence-electron chi connectivity index (χ2n) is 4.60. The summed E-state index contributed by atoms with van der Waals surface area (Å²) in [6, 6.07) is 0. The van der Waals surface area contributed by atoms with E-state index in [1.807, 2.05) is 0 Å². The molecule has 0 radical (unpaired) electrons. The largest absolute Gasteiger partial charge is 0.373 e. The van der Waals surface area contributed by atoms with Gasteiger partial charge >= 0.3 is 0 Å². The Hall–Kier alpha value is -0.500. The third kappa shape index (κ3) is 3.33. The van der Waals surface area contributed by atoms with Gasteiger partial charge in [0.2, 0.25) is 0 Å². The Balaban J connectivity index is 2.28. The van der Waals surface area contributed by atoms with Gasteiger partial charge in [-0.3, -0.25) is 4.90 Å². The lowest BCUT2D eigenvalue weighted by Gasteiger charge is -2.37. The van der Waals surface area contributed by atoms with Crippen molar-refractivity contribution < 1.29 is 0 Å². The molecule has 0 aromatic heterocycles. The maximum absolute atomic E-state index is 4.13. The lowest BCUT2D eigenvalue weighted by molar-refractivity contribution is 0.175. The van der Waals surface area contributed by atoms with Crippen molar-refractivity contribution >= 4 is 0 Å². The van der Waals surface area contributed by atoms with Gasteiger partial charge in [0.15, 0.2) is 0 Å². The summed E-state index contributed by atoms with van der Waals surface area (Å²) in [6.07, 6.45) is 1.30. The molecule has 1 fully saturated rings. The minimum Gasteiger partial charge on any atom is -0.373 e. The SMILES string of the molecule is C=C1CN(CCC(C)C)CCN1CC. The molecule has 0 bridgehead atoms. The third-order valence-electron chi connectivity index (χ3n) is 2.94. The van der Waals surface area contributed by atoms with Crippen molar-refractivity contribution in [2.24, 2.45) is 5.92 Å². The third-order valence-corrected chi connectivity index (χ3v) is 2.94. The summed E-state index contributed by atoms with van der Waals surface area (Å²) in [5.41, 5.74) is 1.29. The van der Waals surface area contributed by atoms with Crippen LogP contribution in [0.15, 0.2) is 12.3 Å². The zero-order chi connectivity index (χ0) is 10.6. The van der Waals surface area contributed by atoms with Gasteiger partial charge < -0.3 is 4.90 Å². The summed E-state index contributed by atoms with van der Waals surface area (Å²) < 4.78 is 0. The fourth-order valence-corrected chi connectivity index (χ4v) is 1.87. The zero-order valence-electron chi connectivity index (χ0n) is 9.92. The molecule has 0 aromatic carbocycles. The molecule has 0 N–H and O–H groups in total. The van der Waals surface area contributed by atoms with Gasteiger partial charge in [-0.05, 0) is 25.8 Å². The average Bonchev–Trinajstić information content (AvgIpc) is 2.15. The van der Waals surface area contributed by atoms with E-state index in [0.29, 0.717) is 0 Å². The van der Waals surface area contributed by atoms with Crippen LogP contribution in [0, 0.1) is 5.92 Å². The summed E-state index contributed by atoms with van der Waals surface area (Å²) in [4.78, 5) is 4.90. The normalized spacial score (nSPS) is 19.4. The predicted molar refractivity (Wildman–Crippen MR) is 62.3 cm³/mol. The van der Waals surface area contributed by atoms with E-state index in [4.69, 9.17) is 0 Å². The number of rotatable bonds is 4. The molecule has 0 saturated carbocycles. The number of piperazine rings is 1. The molecule has 0 unspecified atom stereocenters. The van der Waals surface area contributed by atoms with E-state index in [2.05, 4.69) is 37.1 Å². The van der Waals surface area contributed by atoms with Crippen LogP contribution in [0.3, 0.4) is 0 Å². The van der Waals surface area contributed by atoms with Crippen molar-refractivity contribution in [1.29, 1.82) is 0 Å². The topological polar surface area (TPSA) is 6.48 Å². The molecule has 0 aromatic rings. The molecule has 1 aliphatic heterocycles. The first-order chi connectivity index (χ1) is 6.63.